The van der Waals surface area contributed by atoms with Crippen LogP contribution in [-0.4, -0.2) is 17.6 Å². The topological polar surface area (TPSA) is 49.3 Å². The van der Waals surface area contributed by atoms with Gasteiger partial charge >= 0.3 is 0 Å². The van der Waals surface area contributed by atoms with Crippen molar-refractivity contribution in [1.29, 1.82) is 0 Å². The second-order valence-corrected chi connectivity index (χ2v) is 4.90. The van der Waals surface area contributed by atoms with Gasteiger partial charge in [0.15, 0.2) is 0 Å². The summed E-state index contributed by atoms with van der Waals surface area (Å²) < 4.78 is 0. The monoisotopic (exact) mass is 261 g/mol. The summed E-state index contributed by atoms with van der Waals surface area (Å²) in [5.41, 5.74) is 0.878. The number of aliphatic hydroxyl groups is 1. The third-order valence-corrected chi connectivity index (χ3v) is 3.50. The van der Waals surface area contributed by atoms with Gasteiger partial charge in [0.2, 0.25) is 0 Å². The third-order valence-electron chi connectivity index (χ3n) is 2.63. The van der Waals surface area contributed by atoms with Gasteiger partial charge in [-0.15, -0.1) is 11.3 Å². The molecule has 0 saturated carbocycles. The van der Waals surface area contributed by atoms with Crippen molar-refractivity contribution >= 4 is 17.2 Å². The van der Waals surface area contributed by atoms with Crippen LogP contribution < -0.4 is 5.32 Å². The van der Waals surface area contributed by atoms with Gasteiger partial charge in [0.05, 0.1) is 11.0 Å². The molecule has 1 aromatic carbocycles. The maximum absolute atomic E-state index is 11.6. The molecule has 1 atom stereocenters. The van der Waals surface area contributed by atoms with Crippen molar-refractivity contribution in [2.45, 2.75) is 12.5 Å². The highest BCUT2D eigenvalue weighted by Gasteiger charge is 2.09. The zero-order valence-corrected chi connectivity index (χ0v) is 10.7. The highest BCUT2D eigenvalue weighted by molar-refractivity contribution is 7.12. The van der Waals surface area contributed by atoms with Gasteiger partial charge in [0.25, 0.3) is 5.91 Å². The molecule has 0 aliphatic rings. The summed E-state index contributed by atoms with van der Waals surface area (Å²) in [4.78, 5) is 12.3. The van der Waals surface area contributed by atoms with E-state index in [-0.39, 0.29) is 5.91 Å². The van der Waals surface area contributed by atoms with Crippen molar-refractivity contribution in [3.05, 3.63) is 58.3 Å². The van der Waals surface area contributed by atoms with Gasteiger partial charge in [-0.3, -0.25) is 4.79 Å². The fourth-order valence-electron chi connectivity index (χ4n) is 1.66. The number of carbonyl (C=O) groups excluding carboxylic acids is 1. The van der Waals surface area contributed by atoms with Crippen LogP contribution in [0.25, 0.3) is 0 Å². The van der Waals surface area contributed by atoms with E-state index in [0.717, 1.165) is 5.56 Å². The minimum Gasteiger partial charge on any atom is -0.388 e. The molecular weight excluding hydrogens is 246 g/mol. The standard InChI is InChI=1S/C14H15NO2S/c16-12(11-5-2-1-3-6-11)8-9-15-14(17)13-7-4-10-18-13/h1-7,10,12,16H,8-9H2,(H,15,17)/t12-/m0/s1. The number of thiophene rings is 1. The molecule has 94 valence electrons. The number of hydrogen-bond donors (Lipinski definition) is 2. The number of hydrogen-bond acceptors (Lipinski definition) is 3. The van der Waals surface area contributed by atoms with Crippen LogP contribution in [0.3, 0.4) is 0 Å². The van der Waals surface area contributed by atoms with Crippen LogP contribution in [0.1, 0.15) is 27.8 Å². The average Bonchev–Trinajstić information content (AvgIpc) is 2.93. The fraction of sp³-hybridized carbons (Fsp3) is 0.214. The fourth-order valence-corrected chi connectivity index (χ4v) is 2.30. The molecule has 2 rings (SSSR count). The maximum atomic E-state index is 11.6. The summed E-state index contributed by atoms with van der Waals surface area (Å²) >= 11 is 1.41. The molecule has 0 aliphatic heterocycles. The first-order valence-electron chi connectivity index (χ1n) is 5.82. The molecule has 2 aromatic rings. The number of carbonyl (C=O) groups is 1. The molecule has 3 nitrogen and oxygen atoms in total. The van der Waals surface area contributed by atoms with E-state index in [9.17, 15) is 9.90 Å². The lowest BCUT2D eigenvalue weighted by atomic mass is 10.1. The number of nitrogens with one attached hydrogen (secondary N) is 1. The summed E-state index contributed by atoms with van der Waals surface area (Å²) in [6.07, 6.45) is -0.0176. The Hall–Kier alpha value is -1.65. The summed E-state index contributed by atoms with van der Waals surface area (Å²) in [6.45, 7) is 0.465. The van der Waals surface area contributed by atoms with Crippen LogP contribution in [0.15, 0.2) is 47.8 Å². The smallest absolute Gasteiger partial charge is 0.261 e. The second-order valence-electron chi connectivity index (χ2n) is 3.95. The van der Waals surface area contributed by atoms with E-state index in [1.807, 2.05) is 41.8 Å². The Morgan fingerprint density at radius 1 is 1.22 bits per heavy atom. The Balaban J connectivity index is 1.77. The molecule has 0 unspecified atom stereocenters. The highest BCUT2D eigenvalue weighted by atomic mass is 32.1. The molecular formula is C14H15NO2S. The molecule has 1 amide bonds. The van der Waals surface area contributed by atoms with Gasteiger partial charge in [-0.05, 0) is 23.4 Å². The van der Waals surface area contributed by atoms with Crippen LogP contribution in [0, 0.1) is 0 Å². The van der Waals surface area contributed by atoms with Gasteiger partial charge in [-0.1, -0.05) is 36.4 Å². The SMILES string of the molecule is O=C(NCC[C@H](O)c1ccccc1)c1cccs1. The van der Waals surface area contributed by atoms with Gasteiger partial charge in [-0.2, -0.15) is 0 Å². The zero-order valence-electron chi connectivity index (χ0n) is 9.87. The van der Waals surface area contributed by atoms with Crippen molar-refractivity contribution in [2.75, 3.05) is 6.54 Å². The van der Waals surface area contributed by atoms with Crippen molar-refractivity contribution in [3.8, 4) is 0 Å². The molecule has 1 aromatic heterocycles. The maximum Gasteiger partial charge on any atom is 0.261 e. The predicted molar refractivity (Wildman–Crippen MR) is 72.7 cm³/mol. The lowest BCUT2D eigenvalue weighted by molar-refractivity contribution is 0.0946. The molecule has 1 heterocycles. The molecule has 4 heteroatoms. The predicted octanol–water partition coefficient (Wildman–Crippen LogP) is 2.60. The van der Waals surface area contributed by atoms with Crippen LogP contribution in [-0.2, 0) is 0 Å². The Morgan fingerprint density at radius 3 is 2.67 bits per heavy atom. The number of rotatable bonds is 5. The first-order valence-corrected chi connectivity index (χ1v) is 6.70. The Bertz CT molecular complexity index is 482. The van der Waals surface area contributed by atoms with E-state index in [4.69, 9.17) is 0 Å². The highest BCUT2D eigenvalue weighted by Crippen LogP contribution is 2.15. The number of aliphatic hydroxyl groups excluding tert-OH is 1. The summed E-state index contributed by atoms with van der Waals surface area (Å²) in [5, 5.41) is 14.6. The summed E-state index contributed by atoms with van der Waals surface area (Å²) in [7, 11) is 0. The van der Waals surface area contributed by atoms with E-state index in [0.29, 0.717) is 17.8 Å². The van der Waals surface area contributed by atoms with Crippen molar-refractivity contribution in [1.82, 2.24) is 5.32 Å². The van der Waals surface area contributed by atoms with Gasteiger partial charge in [0, 0.05) is 6.54 Å². The Morgan fingerprint density at radius 2 is 2.00 bits per heavy atom. The molecule has 0 bridgehead atoms. The van der Waals surface area contributed by atoms with E-state index < -0.39 is 6.10 Å². The third kappa shape index (κ3) is 3.42. The molecule has 0 aliphatic carbocycles. The Kier molecular flexibility index (Phi) is 4.50. The van der Waals surface area contributed by atoms with Gasteiger partial charge < -0.3 is 10.4 Å². The lowest BCUT2D eigenvalue weighted by Crippen LogP contribution is -2.24. The first kappa shape index (κ1) is 12.8. The second kappa shape index (κ2) is 6.33. The van der Waals surface area contributed by atoms with E-state index in [1.165, 1.54) is 11.3 Å². The van der Waals surface area contributed by atoms with Crippen molar-refractivity contribution in [2.24, 2.45) is 0 Å². The molecule has 0 saturated heterocycles. The number of benzene rings is 1. The van der Waals surface area contributed by atoms with E-state index in [2.05, 4.69) is 5.32 Å². The average molecular weight is 261 g/mol. The molecule has 2 N–H and O–H groups in total. The molecule has 0 radical (unpaired) electrons. The quantitative estimate of drug-likeness (QED) is 0.869. The first-order chi connectivity index (χ1) is 8.77. The molecule has 0 fully saturated rings. The van der Waals surface area contributed by atoms with Crippen LogP contribution >= 0.6 is 11.3 Å². The lowest BCUT2D eigenvalue weighted by Gasteiger charge is -2.11. The molecule has 0 spiro atoms. The minimum absolute atomic E-state index is 0.0785. The largest absolute Gasteiger partial charge is 0.388 e. The van der Waals surface area contributed by atoms with Crippen molar-refractivity contribution in [3.63, 3.8) is 0 Å². The summed E-state index contributed by atoms with van der Waals surface area (Å²) in [5.74, 6) is -0.0785. The van der Waals surface area contributed by atoms with Gasteiger partial charge in [-0.25, -0.2) is 0 Å². The van der Waals surface area contributed by atoms with E-state index >= 15 is 0 Å². The van der Waals surface area contributed by atoms with Crippen LogP contribution in [0.5, 0.6) is 0 Å². The van der Waals surface area contributed by atoms with Crippen LogP contribution in [0.4, 0.5) is 0 Å². The Labute approximate surface area is 110 Å². The van der Waals surface area contributed by atoms with Crippen LogP contribution in [0.2, 0.25) is 0 Å². The number of amides is 1. The van der Waals surface area contributed by atoms with Gasteiger partial charge in [0.1, 0.15) is 0 Å². The zero-order chi connectivity index (χ0) is 12.8. The minimum atomic E-state index is -0.533. The van der Waals surface area contributed by atoms with Crippen molar-refractivity contribution < 1.29 is 9.90 Å². The summed E-state index contributed by atoms with van der Waals surface area (Å²) in [6, 6.07) is 13.1. The normalized spacial score (nSPS) is 12.1. The molecule has 18 heavy (non-hydrogen) atoms. The van der Waals surface area contributed by atoms with E-state index in [1.54, 1.807) is 6.07 Å².